The Hall–Kier alpha value is -2.20. The predicted octanol–water partition coefficient (Wildman–Crippen LogP) is 3.65. The Morgan fingerprint density at radius 1 is 1.25 bits per heavy atom. The van der Waals surface area contributed by atoms with E-state index in [1.807, 2.05) is 22.6 Å². The maximum absolute atomic E-state index is 11.9. The lowest BCUT2D eigenvalue weighted by Crippen LogP contribution is -2.21. The molecule has 2 aromatic rings. The van der Waals surface area contributed by atoms with E-state index >= 15 is 0 Å². The van der Waals surface area contributed by atoms with Crippen molar-refractivity contribution >= 4 is 57.4 Å². The lowest BCUT2D eigenvalue weighted by Gasteiger charge is -2.08. The average Bonchev–Trinajstić information content (AvgIpc) is 2.55. The van der Waals surface area contributed by atoms with Gasteiger partial charge in [-0.3, -0.25) is 14.9 Å². The average molecular weight is 461 g/mol. The van der Waals surface area contributed by atoms with Crippen LogP contribution in [0.25, 0.3) is 0 Å². The molecule has 1 amide bonds. The van der Waals surface area contributed by atoms with Crippen LogP contribution in [0.5, 0.6) is 0 Å². The Bertz CT molecular complexity index is 812. The van der Waals surface area contributed by atoms with Crippen LogP contribution in [0, 0.1) is 13.7 Å². The van der Waals surface area contributed by atoms with Gasteiger partial charge in [-0.15, -0.1) is 0 Å². The van der Waals surface area contributed by atoms with Gasteiger partial charge in [-0.25, -0.2) is 4.79 Å². The molecule has 2 rings (SSSR count). The van der Waals surface area contributed by atoms with Crippen molar-refractivity contribution in [3.63, 3.8) is 0 Å². The summed E-state index contributed by atoms with van der Waals surface area (Å²) in [7, 11) is 0. The summed E-state index contributed by atoms with van der Waals surface area (Å²) in [6.07, 6.45) is 0. The van der Waals surface area contributed by atoms with Crippen LogP contribution in [0.4, 0.5) is 11.4 Å². The number of carbonyl (C=O) groups excluding carboxylic acids is 2. The predicted molar refractivity (Wildman–Crippen MR) is 96.2 cm³/mol. The highest BCUT2D eigenvalue weighted by molar-refractivity contribution is 14.1. The van der Waals surface area contributed by atoms with Gasteiger partial charge >= 0.3 is 5.97 Å². The molecule has 0 spiro atoms. The number of nitrogens with zero attached hydrogens (tertiary/aromatic N) is 1. The van der Waals surface area contributed by atoms with Crippen molar-refractivity contribution in [2.45, 2.75) is 0 Å². The topological polar surface area (TPSA) is 98.5 Å². The summed E-state index contributed by atoms with van der Waals surface area (Å²) >= 11 is 7.86. The summed E-state index contributed by atoms with van der Waals surface area (Å²) in [4.78, 5) is 33.9. The second-order valence-electron chi connectivity index (χ2n) is 4.53. The number of halogens is 2. The van der Waals surface area contributed by atoms with Gasteiger partial charge in [0.2, 0.25) is 0 Å². The van der Waals surface area contributed by atoms with Crippen molar-refractivity contribution in [3.8, 4) is 0 Å². The Morgan fingerprint density at radius 3 is 2.62 bits per heavy atom. The summed E-state index contributed by atoms with van der Waals surface area (Å²) < 4.78 is 5.62. The molecule has 2 aromatic carbocycles. The monoisotopic (exact) mass is 460 g/mol. The number of non-ortho nitro benzene ring substituents is 1. The highest BCUT2D eigenvalue weighted by Crippen LogP contribution is 2.26. The minimum Gasteiger partial charge on any atom is -0.452 e. The zero-order valence-electron chi connectivity index (χ0n) is 12.0. The minimum atomic E-state index is -0.656. The fraction of sp³-hybridized carbons (Fsp3) is 0.0667. The second kappa shape index (κ2) is 8.06. The summed E-state index contributed by atoms with van der Waals surface area (Å²) in [5, 5.41) is 13.2. The first kappa shape index (κ1) is 18.1. The van der Waals surface area contributed by atoms with E-state index < -0.39 is 23.4 Å². The van der Waals surface area contributed by atoms with Crippen molar-refractivity contribution in [2.24, 2.45) is 0 Å². The fourth-order valence-corrected chi connectivity index (χ4v) is 2.52. The van der Waals surface area contributed by atoms with Gasteiger partial charge in [-0.05, 0) is 40.8 Å². The molecule has 124 valence electrons. The molecule has 24 heavy (non-hydrogen) atoms. The lowest BCUT2D eigenvalue weighted by atomic mass is 10.2. The van der Waals surface area contributed by atoms with Crippen LogP contribution in [0.15, 0.2) is 42.5 Å². The van der Waals surface area contributed by atoms with E-state index in [0.29, 0.717) is 9.13 Å². The van der Waals surface area contributed by atoms with Crippen LogP contribution in [0.2, 0.25) is 5.02 Å². The van der Waals surface area contributed by atoms with Gasteiger partial charge in [0.25, 0.3) is 11.6 Å². The number of esters is 1. The SMILES string of the molecule is O=C(COC(=O)c1ccccc1I)Nc1cc([N+](=O)[O-])ccc1Cl. The molecule has 9 heteroatoms. The summed E-state index contributed by atoms with van der Waals surface area (Å²) in [5.74, 6) is -1.29. The number of carbonyl (C=O) groups is 2. The molecule has 0 aliphatic carbocycles. The van der Waals surface area contributed by atoms with E-state index in [0.717, 1.165) is 6.07 Å². The molecular formula is C15H10ClIN2O5. The number of hydrogen-bond donors (Lipinski definition) is 1. The molecule has 0 heterocycles. The third-order valence-corrected chi connectivity index (χ3v) is 4.13. The Labute approximate surface area is 155 Å². The van der Waals surface area contributed by atoms with Gasteiger partial charge in [-0.1, -0.05) is 23.7 Å². The molecule has 0 saturated carbocycles. The molecule has 0 aliphatic rings. The standard InChI is InChI=1S/C15H10ClIN2O5/c16-11-6-5-9(19(22)23)7-13(11)18-14(20)8-24-15(21)10-3-1-2-4-12(10)17/h1-7H,8H2,(H,18,20). The summed E-state index contributed by atoms with van der Waals surface area (Å²) in [6.45, 7) is -0.539. The van der Waals surface area contributed by atoms with Gasteiger partial charge in [-0.2, -0.15) is 0 Å². The van der Waals surface area contributed by atoms with E-state index in [2.05, 4.69) is 5.32 Å². The van der Waals surface area contributed by atoms with Crippen LogP contribution in [-0.4, -0.2) is 23.4 Å². The molecule has 0 unspecified atom stereocenters. The number of rotatable bonds is 5. The molecule has 0 radical (unpaired) electrons. The number of nitrogens with one attached hydrogen (secondary N) is 1. The van der Waals surface area contributed by atoms with Crippen LogP contribution >= 0.6 is 34.2 Å². The molecule has 0 atom stereocenters. The number of hydrogen-bond acceptors (Lipinski definition) is 5. The van der Waals surface area contributed by atoms with Crippen molar-refractivity contribution in [1.29, 1.82) is 0 Å². The largest absolute Gasteiger partial charge is 0.452 e. The maximum atomic E-state index is 11.9. The molecule has 0 saturated heterocycles. The zero-order chi connectivity index (χ0) is 17.7. The Kier molecular flexibility index (Phi) is 6.10. The first-order chi connectivity index (χ1) is 11.4. The smallest absolute Gasteiger partial charge is 0.339 e. The van der Waals surface area contributed by atoms with Crippen molar-refractivity contribution in [3.05, 3.63) is 66.7 Å². The van der Waals surface area contributed by atoms with Crippen molar-refractivity contribution in [1.82, 2.24) is 0 Å². The molecule has 0 bridgehead atoms. The third kappa shape index (κ3) is 4.65. The fourth-order valence-electron chi connectivity index (χ4n) is 1.74. The van der Waals surface area contributed by atoms with Crippen molar-refractivity contribution < 1.29 is 19.2 Å². The number of anilines is 1. The number of nitro benzene ring substituents is 1. The third-order valence-electron chi connectivity index (χ3n) is 2.86. The molecule has 0 aliphatic heterocycles. The number of ether oxygens (including phenoxy) is 1. The van der Waals surface area contributed by atoms with Crippen LogP contribution in [0.3, 0.4) is 0 Å². The highest BCUT2D eigenvalue weighted by atomic mass is 127. The van der Waals surface area contributed by atoms with E-state index in [9.17, 15) is 19.7 Å². The van der Waals surface area contributed by atoms with E-state index in [4.69, 9.17) is 16.3 Å². The first-order valence-electron chi connectivity index (χ1n) is 6.54. The maximum Gasteiger partial charge on any atom is 0.339 e. The zero-order valence-corrected chi connectivity index (χ0v) is 14.9. The van der Waals surface area contributed by atoms with Gasteiger partial charge in [0.15, 0.2) is 6.61 Å². The van der Waals surface area contributed by atoms with Crippen LogP contribution in [0.1, 0.15) is 10.4 Å². The Morgan fingerprint density at radius 2 is 1.96 bits per heavy atom. The molecule has 1 N–H and O–H groups in total. The van der Waals surface area contributed by atoms with Gasteiger partial charge in [0, 0.05) is 15.7 Å². The Balaban J connectivity index is 1.99. The van der Waals surface area contributed by atoms with Gasteiger partial charge < -0.3 is 10.1 Å². The number of benzene rings is 2. The quantitative estimate of drug-likeness (QED) is 0.318. The number of nitro groups is 1. The summed E-state index contributed by atoms with van der Waals surface area (Å²) in [5.41, 5.74) is 0.200. The normalized spacial score (nSPS) is 10.1. The lowest BCUT2D eigenvalue weighted by molar-refractivity contribution is -0.384. The molecular weight excluding hydrogens is 451 g/mol. The highest BCUT2D eigenvalue weighted by Gasteiger charge is 2.15. The summed E-state index contributed by atoms with van der Waals surface area (Å²) in [6, 6.07) is 10.4. The second-order valence-corrected chi connectivity index (χ2v) is 6.09. The first-order valence-corrected chi connectivity index (χ1v) is 7.99. The minimum absolute atomic E-state index is 0.0706. The van der Waals surface area contributed by atoms with E-state index in [-0.39, 0.29) is 16.4 Å². The molecule has 7 nitrogen and oxygen atoms in total. The van der Waals surface area contributed by atoms with Gasteiger partial charge in [0.1, 0.15) is 0 Å². The van der Waals surface area contributed by atoms with Crippen molar-refractivity contribution in [2.75, 3.05) is 11.9 Å². The van der Waals surface area contributed by atoms with Crippen LogP contribution in [-0.2, 0) is 9.53 Å². The number of amides is 1. The van der Waals surface area contributed by atoms with Crippen LogP contribution < -0.4 is 5.32 Å². The molecule has 0 fully saturated rings. The van der Waals surface area contributed by atoms with E-state index in [1.54, 1.807) is 24.3 Å². The van der Waals surface area contributed by atoms with E-state index in [1.165, 1.54) is 12.1 Å². The van der Waals surface area contributed by atoms with Gasteiger partial charge in [0.05, 0.1) is 21.2 Å². The molecule has 0 aromatic heterocycles.